The second kappa shape index (κ2) is 4.89. The van der Waals surface area contributed by atoms with Gasteiger partial charge in [-0.1, -0.05) is 6.42 Å². The third-order valence-corrected chi connectivity index (χ3v) is 4.36. The topological polar surface area (TPSA) is 55.1 Å². The highest BCUT2D eigenvalue weighted by atomic mass is 16.5. The zero-order valence-electron chi connectivity index (χ0n) is 11.5. The third kappa shape index (κ3) is 2.07. The second-order valence-electron chi connectivity index (χ2n) is 5.69. The fraction of sp³-hybridized carbons (Fsp3) is 0.533. The summed E-state index contributed by atoms with van der Waals surface area (Å²) in [6.45, 7) is 2.05. The molecule has 0 N–H and O–H groups in total. The van der Waals surface area contributed by atoms with Crippen molar-refractivity contribution in [3.05, 3.63) is 24.0 Å². The molecule has 5 heteroatoms. The molecule has 2 fully saturated rings. The highest BCUT2D eigenvalue weighted by molar-refractivity contribution is 5.53. The Labute approximate surface area is 118 Å². The van der Waals surface area contributed by atoms with E-state index in [4.69, 9.17) is 4.52 Å². The van der Waals surface area contributed by atoms with Crippen LogP contribution in [0.5, 0.6) is 0 Å². The quantitative estimate of drug-likeness (QED) is 0.858. The van der Waals surface area contributed by atoms with Gasteiger partial charge in [-0.15, -0.1) is 0 Å². The van der Waals surface area contributed by atoms with E-state index in [-0.39, 0.29) is 0 Å². The van der Waals surface area contributed by atoms with Crippen molar-refractivity contribution in [3.63, 3.8) is 0 Å². The van der Waals surface area contributed by atoms with Crippen LogP contribution >= 0.6 is 0 Å². The number of rotatable bonds is 3. The van der Waals surface area contributed by atoms with Gasteiger partial charge >= 0.3 is 0 Å². The minimum absolute atomic E-state index is 0.569. The Morgan fingerprint density at radius 2 is 1.95 bits per heavy atom. The normalized spacial score (nSPS) is 19.3. The van der Waals surface area contributed by atoms with Crippen LogP contribution in [0, 0.1) is 0 Å². The van der Waals surface area contributed by atoms with Gasteiger partial charge in [-0.3, -0.25) is 4.98 Å². The van der Waals surface area contributed by atoms with E-state index >= 15 is 0 Å². The average Bonchev–Trinajstić information content (AvgIpc) is 3.09. The zero-order valence-corrected chi connectivity index (χ0v) is 11.5. The summed E-state index contributed by atoms with van der Waals surface area (Å²) < 4.78 is 5.36. The van der Waals surface area contributed by atoms with Gasteiger partial charge in [0.25, 0.3) is 11.8 Å². The fourth-order valence-corrected chi connectivity index (χ4v) is 2.86. The van der Waals surface area contributed by atoms with Crippen molar-refractivity contribution < 1.29 is 4.52 Å². The molecule has 2 aromatic rings. The van der Waals surface area contributed by atoms with Crippen LogP contribution in [-0.4, -0.2) is 28.2 Å². The average molecular weight is 270 g/mol. The molecule has 104 valence electrons. The molecule has 2 aromatic heterocycles. The lowest BCUT2D eigenvalue weighted by molar-refractivity contribution is 0.410. The van der Waals surface area contributed by atoms with Crippen LogP contribution in [0.15, 0.2) is 22.9 Å². The molecule has 0 unspecified atom stereocenters. The second-order valence-corrected chi connectivity index (χ2v) is 5.69. The summed E-state index contributed by atoms with van der Waals surface area (Å²) in [7, 11) is 0. The number of pyridine rings is 1. The molecular formula is C15H18N4O. The molecule has 0 atom stereocenters. The molecule has 20 heavy (non-hydrogen) atoms. The first-order chi connectivity index (χ1) is 9.90. The van der Waals surface area contributed by atoms with Crippen molar-refractivity contribution in [2.45, 2.75) is 38.0 Å². The lowest BCUT2D eigenvalue weighted by Crippen LogP contribution is -2.18. The lowest BCUT2D eigenvalue weighted by Gasteiger charge is -2.24. The molecular weight excluding hydrogens is 252 g/mol. The summed E-state index contributed by atoms with van der Waals surface area (Å²) in [5.41, 5.74) is 2.10. The molecule has 1 saturated carbocycles. The van der Waals surface area contributed by atoms with Crippen LogP contribution in [0.1, 0.15) is 43.7 Å². The van der Waals surface area contributed by atoms with Crippen molar-refractivity contribution in [1.82, 2.24) is 15.1 Å². The molecule has 3 heterocycles. The highest BCUT2D eigenvalue weighted by Crippen LogP contribution is 2.35. The number of hydrogen-bond donors (Lipinski definition) is 0. The van der Waals surface area contributed by atoms with Crippen LogP contribution in [0.2, 0.25) is 0 Å². The molecule has 0 spiro atoms. The van der Waals surface area contributed by atoms with Gasteiger partial charge in [-0.05, 0) is 43.0 Å². The minimum Gasteiger partial charge on any atom is -0.338 e. The first-order valence-electron chi connectivity index (χ1n) is 7.45. The Hall–Kier alpha value is -1.91. The van der Waals surface area contributed by atoms with Crippen LogP contribution in [0.25, 0.3) is 11.5 Å². The van der Waals surface area contributed by atoms with E-state index in [0.29, 0.717) is 17.8 Å². The van der Waals surface area contributed by atoms with Crippen molar-refractivity contribution in [2.75, 3.05) is 18.0 Å². The lowest BCUT2D eigenvalue weighted by atomic mass is 9.82. The standard InChI is InChI=1S/C15H18N4O/c1-2-9-19(8-1)15-17-14(20-18-15)12-6-7-13(16-10-12)11-4-3-5-11/h6-7,10-11H,1-5,8-9H2. The largest absolute Gasteiger partial charge is 0.338 e. The van der Waals surface area contributed by atoms with Gasteiger partial charge in [0.05, 0.1) is 5.56 Å². The van der Waals surface area contributed by atoms with E-state index in [9.17, 15) is 0 Å². The summed E-state index contributed by atoms with van der Waals surface area (Å²) in [5, 5.41) is 4.07. The molecule has 0 aromatic carbocycles. The van der Waals surface area contributed by atoms with E-state index < -0.39 is 0 Å². The Morgan fingerprint density at radius 1 is 1.10 bits per heavy atom. The van der Waals surface area contributed by atoms with Gasteiger partial charge in [0, 0.05) is 30.9 Å². The van der Waals surface area contributed by atoms with Gasteiger partial charge < -0.3 is 9.42 Å². The zero-order chi connectivity index (χ0) is 13.4. The van der Waals surface area contributed by atoms with Gasteiger partial charge in [0.2, 0.25) is 0 Å². The van der Waals surface area contributed by atoms with Gasteiger partial charge in [-0.2, -0.15) is 4.98 Å². The predicted octanol–water partition coefficient (Wildman–Crippen LogP) is 3.00. The van der Waals surface area contributed by atoms with Crippen molar-refractivity contribution in [1.29, 1.82) is 0 Å². The van der Waals surface area contributed by atoms with Crippen LogP contribution in [0.4, 0.5) is 5.95 Å². The van der Waals surface area contributed by atoms with E-state index in [1.165, 1.54) is 37.8 Å². The highest BCUT2D eigenvalue weighted by Gasteiger charge is 2.22. The molecule has 0 amide bonds. The summed E-state index contributed by atoms with van der Waals surface area (Å²) in [6, 6.07) is 4.14. The minimum atomic E-state index is 0.569. The molecule has 1 saturated heterocycles. The van der Waals surface area contributed by atoms with E-state index in [0.717, 1.165) is 18.7 Å². The van der Waals surface area contributed by atoms with Crippen molar-refractivity contribution >= 4 is 5.95 Å². The molecule has 0 bridgehead atoms. The van der Waals surface area contributed by atoms with Crippen molar-refractivity contribution in [2.24, 2.45) is 0 Å². The maximum absolute atomic E-state index is 5.36. The number of nitrogens with zero attached hydrogens (tertiary/aromatic N) is 4. The molecule has 1 aliphatic carbocycles. The first-order valence-corrected chi connectivity index (χ1v) is 7.45. The Balaban J connectivity index is 1.54. The summed E-state index contributed by atoms with van der Waals surface area (Å²) in [5.74, 6) is 1.94. The predicted molar refractivity (Wildman–Crippen MR) is 75.6 cm³/mol. The fourth-order valence-electron chi connectivity index (χ4n) is 2.86. The SMILES string of the molecule is c1cc(C2CCC2)ncc1-c1nc(N2CCCC2)no1. The Kier molecular flexibility index (Phi) is 2.90. The monoisotopic (exact) mass is 270 g/mol. The van der Waals surface area contributed by atoms with Crippen LogP contribution in [-0.2, 0) is 0 Å². The van der Waals surface area contributed by atoms with Crippen molar-refractivity contribution in [3.8, 4) is 11.5 Å². The Bertz CT molecular complexity index is 582. The Morgan fingerprint density at radius 3 is 2.60 bits per heavy atom. The number of anilines is 1. The van der Waals surface area contributed by atoms with Crippen LogP contribution in [0.3, 0.4) is 0 Å². The number of aromatic nitrogens is 3. The van der Waals surface area contributed by atoms with Gasteiger partial charge in [0.1, 0.15) is 0 Å². The maximum atomic E-state index is 5.36. The van der Waals surface area contributed by atoms with E-state index in [1.54, 1.807) is 0 Å². The first kappa shape index (κ1) is 11.9. The summed E-state index contributed by atoms with van der Waals surface area (Å²) in [6.07, 6.45) is 8.15. The molecule has 1 aliphatic heterocycles. The molecule has 2 aliphatic rings. The molecule has 0 radical (unpaired) electrons. The van der Waals surface area contributed by atoms with Gasteiger partial charge in [-0.25, -0.2) is 0 Å². The third-order valence-electron chi connectivity index (χ3n) is 4.36. The smallest absolute Gasteiger partial charge is 0.266 e. The summed E-state index contributed by atoms with van der Waals surface area (Å²) in [4.78, 5) is 11.2. The molecule has 5 nitrogen and oxygen atoms in total. The van der Waals surface area contributed by atoms with E-state index in [2.05, 4.69) is 26.1 Å². The number of hydrogen-bond acceptors (Lipinski definition) is 5. The molecule has 4 rings (SSSR count). The van der Waals surface area contributed by atoms with Crippen LogP contribution < -0.4 is 4.90 Å². The maximum Gasteiger partial charge on any atom is 0.266 e. The summed E-state index contributed by atoms with van der Waals surface area (Å²) >= 11 is 0. The van der Waals surface area contributed by atoms with Gasteiger partial charge in [0.15, 0.2) is 0 Å². The van der Waals surface area contributed by atoms with E-state index in [1.807, 2.05) is 12.3 Å².